The first-order chi connectivity index (χ1) is 9.86. The number of nitro benzene ring substituents is 1. The Morgan fingerprint density at radius 2 is 2.19 bits per heavy atom. The van der Waals surface area contributed by atoms with Crippen LogP contribution in [0.3, 0.4) is 0 Å². The minimum absolute atomic E-state index is 0.0319. The second kappa shape index (κ2) is 5.94. The highest BCUT2D eigenvalue weighted by Crippen LogP contribution is 2.34. The number of nitrogens with one attached hydrogen (secondary N) is 1. The Hall–Kier alpha value is -2.39. The molecule has 1 aromatic carbocycles. The summed E-state index contributed by atoms with van der Waals surface area (Å²) in [5.41, 5.74) is 5.28. The lowest BCUT2D eigenvalue weighted by molar-refractivity contribution is -0.387. The van der Waals surface area contributed by atoms with Gasteiger partial charge in [0.25, 0.3) is 11.2 Å². The van der Waals surface area contributed by atoms with E-state index in [2.05, 4.69) is 9.97 Å². The van der Waals surface area contributed by atoms with Crippen molar-refractivity contribution in [2.45, 2.75) is 23.1 Å². The molecule has 4 N–H and O–H groups in total. The third kappa shape index (κ3) is 3.58. The molecule has 0 saturated heterocycles. The van der Waals surface area contributed by atoms with Crippen molar-refractivity contribution in [2.75, 3.05) is 5.73 Å². The van der Waals surface area contributed by atoms with Crippen molar-refractivity contribution in [3.05, 3.63) is 50.3 Å². The number of benzene rings is 1. The van der Waals surface area contributed by atoms with Crippen LogP contribution in [0.4, 0.5) is 11.5 Å². The van der Waals surface area contributed by atoms with Crippen LogP contribution in [0.2, 0.25) is 0 Å². The lowest BCUT2D eigenvalue weighted by Gasteiger charge is -2.07. The fraction of sp³-hybridized carbons (Fsp3) is 0.167. The van der Waals surface area contributed by atoms with Gasteiger partial charge >= 0.3 is 0 Å². The second-order valence-corrected chi connectivity index (χ2v) is 5.27. The molecule has 9 heteroatoms. The molecular formula is C12H12N4O4S. The summed E-state index contributed by atoms with van der Waals surface area (Å²) in [7, 11) is 0. The van der Waals surface area contributed by atoms with Crippen LogP contribution in [0.25, 0.3) is 0 Å². The van der Waals surface area contributed by atoms with E-state index in [1.165, 1.54) is 19.1 Å². The first-order valence-corrected chi connectivity index (χ1v) is 6.69. The van der Waals surface area contributed by atoms with Gasteiger partial charge in [-0.25, -0.2) is 4.98 Å². The second-order valence-electron chi connectivity index (χ2n) is 4.24. The van der Waals surface area contributed by atoms with E-state index in [9.17, 15) is 20.0 Å². The molecule has 0 aliphatic heterocycles. The van der Waals surface area contributed by atoms with Crippen molar-refractivity contribution in [2.24, 2.45) is 0 Å². The Morgan fingerprint density at radius 1 is 1.48 bits per heavy atom. The maximum absolute atomic E-state index is 11.3. The monoisotopic (exact) mass is 308 g/mol. The Labute approximate surface area is 123 Å². The molecular weight excluding hydrogens is 296 g/mol. The molecule has 0 spiro atoms. The zero-order chi connectivity index (χ0) is 15.6. The zero-order valence-electron chi connectivity index (χ0n) is 10.9. The number of nitrogens with two attached hydrogens (primary N) is 1. The zero-order valence-corrected chi connectivity index (χ0v) is 11.8. The van der Waals surface area contributed by atoms with E-state index < -0.39 is 16.6 Å². The smallest absolute Gasteiger partial charge is 0.283 e. The van der Waals surface area contributed by atoms with Crippen LogP contribution < -0.4 is 11.3 Å². The van der Waals surface area contributed by atoms with E-state index in [1.54, 1.807) is 6.07 Å². The summed E-state index contributed by atoms with van der Waals surface area (Å²) in [6, 6.07) is 5.48. The first-order valence-electron chi connectivity index (χ1n) is 5.88. The normalized spacial score (nSPS) is 12.1. The summed E-state index contributed by atoms with van der Waals surface area (Å²) >= 11 is 0.921. The van der Waals surface area contributed by atoms with Gasteiger partial charge in [-0.1, -0.05) is 6.07 Å². The van der Waals surface area contributed by atoms with E-state index in [0.717, 1.165) is 17.8 Å². The Morgan fingerprint density at radius 3 is 2.76 bits per heavy atom. The topological polar surface area (TPSA) is 135 Å². The van der Waals surface area contributed by atoms with E-state index in [0.29, 0.717) is 5.56 Å². The summed E-state index contributed by atoms with van der Waals surface area (Å²) in [5.74, 6) is 0.0319. The van der Waals surface area contributed by atoms with Crippen molar-refractivity contribution in [3.8, 4) is 0 Å². The maximum atomic E-state index is 11.3. The van der Waals surface area contributed by atoms with E-state index in [-0.39, 0.29) is 21.6 Å². The number of hydrogen-bond acceptors (Lipinski definition) is 7. The highest BCUT2D eigenvalue weighted by Gasteiger charge is 2.18. The molecule has 1 unspecified atom stereocenters. The first kappa shape index (κ1) is 15.0. The number of aliphatic hydroxyl groups excluding tert-OH is 1. The van der Waals surface area contributed by atoms with Crippen LogP contribution in [0.15, 0.2) is 39.1 Å². The number of nitro groups is 1. The van der Waals surface area contributed by atoms with Crippen molar-refractivity contribution in [3.63, 3.8) is 0 Å². The molecule has 2 aromatic rings. The third-order valence-corrected chi connectivity index (χ3v) is 3.56. The molecule has 8 nitrogen and oxygen atoms in total. The van der Waals surface area contributed by atoms with Crippen LogP contribution >= 0.6 is 11.8 Å². The molecule has 0 fully saturated rings. The van der Waals surface area contributed by atoms with Crippen molar-refractivity contribution in [1.82, 2.24) is 9.97 Å². The van der Waals surface area contributed by atoms with Gasteiger partial charge in [-0.15, -0.1) is 0 Å². The van der Waals surface area contributed by atoms with Crippen LogP contribution in [-0.2, 0) is 0 Å². The molecule has 0 amide bonds. The number of H-pyrrole nitrogens is 1. The van der Waals surface area contributed by atoms with Gasteiger partial charge in [0.05, 0.1) is 15.9 Å². The Balaban J connectivity index is 2.43. The lowest BCUT2D eigenvalue weighted by Crippen LogP contribution is -2.09. The molecule has 1 heterocycles. The standard InChI is InChI=1S/C12H12N4O4S/c1-6(17)7-2-3-9(8(4-7)16(19)20)21-12-14-10(13)5-11(18)15-12/h2-6,17H,1H3,(H3,13,14,15,18). The fourth-order valence-electron chi connectivity index (χ4n) is 1.63. The summed E-state index contributed by atoms with van der Waals surface area (Å²) in [4.78, 5) is 28.5. The van der Waals surface area contributed by atoms with Crippen LogP contribution in [0.1, 0.15) is 18.6 Å². The van der Waals surface area contributed by atoms with Gasteiger partial charge in [-0.2, -0.15) is 0 Å². The number of aliphatic hydroxyl groups is 1. The van der Waals surface area contributed by atoms with Gasteiger partial charge in [-0.3, -0.25) is 14.9 Å². The third-order valence-electron chi connectivity index (χ3n) is 2.61. The summed E-state index contributed by atoms with van der Waals surface area (Å²) in [6.45, 7) is 1.52. The number of rotatable bonds is 4. The molecule has 0 aliphatic rings. The van der Waals surface area contributed by atoms with Gasteiger partial charge in [0.15, 0.2) is 5.16 Å². The van der Waals surface area contributed by atoms with Gasteiger partial charge in [-0.05, 0) is 30.3 Å². The summed E-state index contributed by atoms with van der Waals surface area (Å²) in [6.07, 6.45) is -0.812. The van der Waals surface area contributed by atoms with Crippen LogP contribution in [0, 0.1) is 10.1 Å². The summed E-state index contributed by atoms with van der Waals surface area (Å²) in [5, 5.41) is 20.8. The van der Waals surface area contributed by atoms with Gasteiger partial charge < -0.3 is 15.8 Å². The number of nitrogens with zero attached hydrogens (tertiary/aromatic N) is 2. The van der Waals surface area contributed by atoms with E-state index in [4.69, 9.17) is 5.73 Å². The highest BCUT2D eigenvalue weighted by molar-refractivity contribution is 7.99. The number of nitrogen functional groups attached to an aromatic ring is 1. The Kier molecular flexibility index (Phi) is 4.24. The Bertz CT molecular complexity index is 744. The lowest BCUT2D eigenvalue weighted by atomic mass is 10.1. The fourth-order valence-corrected chi connectivity index (χ4v) is 2.51. The summed E-state index contributed by atoms with van der Waals surface area (Å²) < 4.78 is 0. The molecule has 1 aromatic heterocycles. The average Bonchev–Trinajstić information content (AvgIpc) is 2.37. The van der Waals surface area contributed by atoms with E-state index in [1.807, 2.05) is 0 Å². The predicted molar refractivity (Wildman–Crippen MR) is 77.1 cm³/mol. The largest absolute Gasteiger partial charge is 0.389 e. The van der Waals surface area contributed by atoms with Crippen LogP contribution in [0.5, 0.6) is 0 Å². The molecule has 21 heavy (non-hydrogen) atoms. The molecule has 0 aliphatic carbocycles. The number of aromatic amines is 1. The average molecular weight is 308 g/mol. The molecule has 110 valence electrons. The SMILES string of the molecule is CC(O)c1ccc(Sc2nc(N)cc(=O)[nH]2)c([N+](=O)[O-])c1. The maximum Gasteiger partial charge on any atom is 0.283 e. The molecule has 0 bridgehead atoms. The molecule has 1 atom stereocenters. The number of aromatic nitrogens is 2. The quantitative estimate of drug-likeness (QED) is 0.442. The molecule has 0 radical (unpaired) electrons. The minimum atomic E-state index is -0.812. The minimum Gasteiger partial charge on any atom is -0.389 e. The van der Waals surface area contributed by atoms with Crippen molar-refractivity contribution in [1.29, 1.82) is 0 Å². The predicted octanol–water partition coefficient (Wildman–Crippen LogP) is 1.46. The molecule has 0 saturated carbocycles. The molecule has 2 rings (SSSR count). The number of hydrogen-bond donors (Lipinski definition) is 3. The number of anilines is 1. The van der Waals surface area contributed by atoms with E-state index >= 15 is 0 Å². The highest BCUT2D eigenvalue weighted by atomic mass is 32.2. The van der Waals surface area contributed by atoms with Crippen molar-refractivity contribution < 1.29 is 10.0 Å². The van der Waals surface area contributed by atoms with Gasteiger partial charge in [0.2, 0.25) is 0 Å². The van der Waals surface area contributed by atoms with Crippen LogP contribution in [-0.4, -0.2) is 20.0 Å². The van der Waals surface area contributed by atoms with Gasteiger partial charge in [0, 0.05) is 12.1 Å². The van der Waals surface area contributed by atoms with Crippen molar-refractivity contribution >= 4 is 23.3 Å². The van der Waals surface area contributed by atoms with Gasteiger partial charge in [0.1, 0.15) is 5.82 Å².